The van der Waals surface area contributed by atoms with Crippen LogP contribution in [0.15, 0.2) is 30.3 Å². The number of aliphatic hydroxyl groups excluding tert-OH is 2. The van der Waals surface area contributed by atoms with Crippen LogP contribution in [0.2, 0.25) is 0 Å². The molecule has 1 saturated heterocycles. The summed E-state index contributed by atoms with van der Waals surface area (Å²) in [6.07, 6.45) is 0.601. The predicted molar refractivity (Wildman–Crippen MR) is 98.7 cm³/mol. The molecule has 2 rings (SSSR count). The second-order valence-electron chi connectivity index (χ2n) is 6.82. The Morgan fingerprint density at radius 2 is 2.04 bits per heavy atom. The van der Waals surface area contributed by atoms with Crippen molar-refractivity contribution in [1.82, 2.24) is 0 Å². The van der Waals surface area contributed by atoms with Crippen LogP contribution in [0.5, 0.6) is 0 Å². The normalized spacial score (nSPS) is 28.5. The highest BCUT2D eigenvalue weighted by Crippen LogP contribution is 2.41. The summed E-state index contributed by atoms with van der Waals surface area (Å²) >= 11 is 2.33. The first-order chi connectivity index (χ1) is 11.0. The topological polar surface area (TPSA) is 58.9 Å². The summed E-state index contributed by atoms with van der Waals surface area (Å²) in [6, 6.07) is 10.2. The fourth-order valence-electron chi connectivity index (χ4n) is 3.05. The fourth-order valence-corrected chi connectivity index (χ4v) is 3.61. The lowest BCUT2D eigenvalue weighted by Crippen LogP contribution is -2.53. The highest BCUT2D eigenvalue weighted by atomic mass is 127. The lowest BCUT2D eigenvalue weighted by atomic mass is 9.74. The van der Waals surface area contributed by atoms with Crippen LogP contribution in [0.3, 0.4) is 0 Å². The van der Waals surface area contributed by atoms with E-state index in [0.717, 1.165) is 16.4 Å². The van der Waals surface area contributed by atoms with E-state index in [2.05, 4.69) is 48.6 Å². The molecule has 1 aromatic carbocycles. The van der Waals surface area contributed by atoms with Gasteiger partial charge >= 0.3 is 0 Å². The van der Waals surface area contributed by atoms with Crippen molar-refractivity contribution in [1.29, 1.82) is 0 Å². The smallest absolute Gasteiger partial charge is 0.0795 e. The minimum atomic E-state index is -0.748. The number of rotatable bonds is 7. The third kappa shape index (κ3) is 5.13. The number of ether oxygens (including phenoxy) is 2. The number of benzene rings is 1. The third-order valence-corrected chi connectivity index (χ3v) is 5.64. The molecule has 2 N–H and O–H groups in total. The predicted octanol–water partition coefficient (Wildman–Crippen LogP) is 2.93. The Kier molecular flexibility index (Phi) is 7.28. The SMILES string of the molecule is CC1(C)[C@H](OCc2ccccc2)C[C@@H](CI)O[C@@H]1C[C@@H](O)CO. The van der Waals surface area contributed by atoms with Gasteiger partial charge in [0.1, 0.15) is 0 Å². The highest BCUT2D eigenvalue weighted by Gasteiger charge is 2.45. The maximum atomic E-state index is 9.82. The number of aliphatic hydroxyl groups is 2. The molecule has 1 aliphatic rings. The van der Waals surface area contributed by atoms with Crippen LogP contribution in [0, 0.1) is 5.41 Å². The maximum absolute atomic E-state index is 9.82. The van der Waals surface area contributed by atoms with Crippen LogP contribution in [0.4, 0.5) is 0 Å². The van der Waals surface area contributed by atoms with Gasteiger partial charge in [0.25, 0.3) is 0 Å². The lowest BCUT2D eigenvalue weighted by Gasteiger charge is -2.48. The molecule has 0 spiro atoms. The Bertz CT molecular complexity index is 463. The van der Waals surface area contributed by atoms with Crippen molar-refractivity contribution in [3.63, 3.8) is 0 Å². The first kappa shape index (κ1) is 19.1. The molecule has 0 amide bonds. The van der Waals surface area contributed by atoms with E-state index in [9.17, 15) is 5.11 Å². The van der Waals surface area contributed by atoms with Gasteiger partial charge in [-0.05, 0) is 5.56 Å². The molecule has 0 radical (unpaired) electrons. The van der Waals surface area contributed by atoms with Crippen molar-refractivity contribution in [2.24, 2.45) is 5.41 Å². The zero-order valence-electron chi connectivity index (χ0n) is 13.8. The van der Waals surface area contributed by atoms with Gasteiger partial charge in [-0.1, -0.05) is 66.8 Å². The first-order valence-corrected chi connectivity index (χ1v) is 9.65. The number of hydrogen-bond acceptors (Lipinski definition) is 4. The van der Waals surface area contributed by atoms with Gasteiger partial charge in [-0.25, -0.2) is 0 Å². The summed E-state index contributed by atoms with van der Waals surface area (Å²) in [7, 11) is 0. The van der Waals surface area contributed by atoms with Gasteiger partial charge in [-0.2, -0.15) is 0 Å². The minimum Gasteiger partial charge on any atom is -0.394 e. The Morgan fingerprint density at radius 3 is 2.65 bits per heavy atom. The molecule has 0 unspecified atom stereocenters. The molecular weight excluding hydrogens is 407 g/mol. The Hall–Kier alpha value is -0.210. The van der Waals surface area contributed by atoms with Crippen molar-refractivity contribution in [3.05, 3.63) is 35.9 Å². The molecule has 4 nitrogen and oxygen atoms in total. The molecule has 1 fully saturated rings. The van der Waals surface area contributed by atoms with Crippen LogP contribution in [0.25, 0.3) is 0 Å². The molecule has 23 heavy (non-hydrogen) atoms. The molecular formula is C18H27IO4. The van der Waals surface area contributed by atoms with Crippen LogP contribution in [-0.2, 0) is 16.1 Å². The molecule has 5 heteroatoms. The average molecular weight is 434 g/mol. The molecule has 1 aromatic rings. The van der Waals surface area contributed by atoms with E-state index < -0.39 is 6.10 Å². The molecule has 0 saturated carbocycles. The number of hydrogen-bond donors (Lipinski definition) is 2. The van der Waals surface area contributed by atoms with Crippen molar-refractivity contribution >= 4 is 22.6 Å². The fraction of sp³-hybridized carbons (Fsp3) is 0.667. The van der Waals surface area contributed by atoms with E-state index in [0.29, 0.717) is 13.0 Å². The zero-order chi connectivity index (χ0) is 16.9. The standard InChI is InChI=1S/C18H27IO4/c1-18(2)16(22-12-13-6-4-3-5-7-13)9-15(10-19)23-17(18)8-14(21)11-20/h3-7,14-17,20-21H,8-12H2,1-2H3/t14-,15+,16-,17-/m1/s1. The van der Waals surface area contributed by atoms with Crippen LogP contribution in [-0.4, -0.2) is 45.7 Å². The molecule has 4 atom stereocenters. The van der Waals surface area contributed by atoms with Crippen molar-refractivity contribution in [3.8, 4) is 0 Å². The molecule has 1 heterocycles. The Morgan fingerprint density at radius 1 is 1.35 bits per heavy atom. The van der Waals surface area contributed by atoms with Gasteiger partial charge in [0.2, 0.25) is 0 Å². The summed E-state index contributed by atoms with van der Waals surface area (Å²) in [5, 5.41) is 19.0. The van der Waals surface area contributed by atoms with Crippen LogP contribution < -0.4 is 0 Å². The summed E-state index contributed by atoms with van der Waals surface area (Å²) < 4.78 is 13.3. The van der Waals surface area contributed by atoms with Crippen LogP contribution in [0.1, 0.15) is 32.3 Å². The van der Waals surface area contributed by atoms with Crippen molar-refractivity contribution < 1.29 is 19.7 Å². The van der Waals surface area contributed by atoms with Crippen molar-refractivity contribution in [2.45, 2.75) is 57.7 Å². The van der Waals surface area contributed by atoms with E-state index in [1.807, 2.05) is 18.2 Å². The monoisotopic (exact) mass is 434 g/mol. The second-order valence-corrected chi connectivity index (χ2v) is 7.70. The summed E-state index contributed by atoms with van der Waals surface area (Å²) in [6.45, 7) is 4.60. The molecule has 0 aliphatic carbocycles. The molecule has 1 aliphatic heterocycles. The van der Waals surface area contributed by atoms with E-state index in [1.165, 1.54) is 0 Å². The zero-order valence-corrected chi connectivity index (χ0v) is 16.0. The van der Waals surface area contributed by atoms with Crippen LogP contribution >= 0.6 is 22.6 Å². The summed E-state index contributed by atoms with van der Waals surface area (Å²) in [5.74, 6) is 0. The third-order valence-electron chi connectivity index (χ3n) is 4.66. The second kappa shape index (κ2) is 8.76. The van der Waals surface area contributed by atoms with E-state index in [4.69, 9.17) is 14.6 Å². The maximum Gasteiger partial charge on any atom is 0.0795 e. The van der Waals surface area contributed by atoms with Gasteiger partial charge in [0.15, 0.2) is 0 Å². The lowest BCUT2D eigenvalue weighted by molar-refractivity contribution is -0.195. The summed E-state index contributed by atoms with van der Waals surface area (Å²) in [4.78, 5) is 0. The number of halogens is 1. The Balaban J connectivity index is 2.06. The largest absolute Gasteiger partial charge is 0.394 e. The first-order valence-electron chi connectivity index (χ1n) is 8.13. The quantitative estimate of drug-likeness (QED) is 0.512. The summed E-state index contributed by atoms with van der Waals surface area (Å²) in [5.41, 5.74) is 0.945. The average Bonchev–Trinajstić information content (AvgIpc) is 2.56. The molecule has 0 bridgehead atoms. The number of alkyl halides is 1. The van der Waals surface area contributed by atoms with Gasteiger partial charge in [-0.15, -0.1) is 0 Å². The highest BCUT2D eigenvalue weighted by molar-refractivity contribution is 14.1. The van der Waals surface area contributed by atoms with E-state index in [-0.39, 0.29) is 30.3 Å². The van der Waals surface area contributed by atoms with Crippen molar-refractivity contribution in [2.75, 3.05) is 11.0 Å². The molecule has 130 valence electrons. The van der Waals surface area contributed by atoms with Gasteiger partial charge in [0, 0.05) is 22.7 Å². The van der Waals surface area contributed by atoms with Gasteiger partial charge in [0.05, 0.1) is 37.6 Å². The van der Waals surface area contributed by atoms with Gasteiger partial charge in [-0.3, -0.25) is 0 Å². The minimum absolute atomic E-state index is 0.0621. The molecule has 0 aromatic heterocycles. The van der Waals surface area contributed by atoms with Gasteiger partial charge < -0.3 is 19.7 Å². The van der Waals surface area contributed by atoms with E-state index >= 15 is 0 Å². The van der Waals surface area contributed by atoms with E-state index in [1.54, 1.807) is 0 Å². The Labute approximate surface area is 152 Å².